The van der Waals surface area contributed by atoms with Crippen molar-refractivity contribution in [3.63, 3.8) is 0 Å². The van der Waals surface area contributed by atoms with Crippen molar-refractivity contribution in [3.05, 3.63) is 41.6 Å². The number of rotatable bonds is 7. The Morgan fingerprint density at radius 2 is 2.29 bits per heavy atom. The van der Waals surface area contributed by atoms with E-state index in [0.29, 0.717) is 25.9 Å². The number of amides is 2. The van der Waals surface area contributed by atoms with Crippen LogP contribution in [-0.4, -0.2) is 36.3 Å². The second-order valence-corrected chi connectivity index (χ2v) is 5.78. The van der Waals surface area contributed by atoms with Crippen molar-refractivity contribution in [1.29, 1.82) is 5.26 Å². The molecule has 6 heteroatoms. The summed E-state index contributed by atoms with van der Waals surface area (Å²) in [7, 11) is 0. The number of nitrogens with zero attached hydrogens (tertiary/aromatic N) is 2. The van der Waals surface area contributed by atoms with E-state index in [2.05, 4.69) is 10.6 Å². The Morgan fingerprint density at radius 1 is 1.46 bits per heavy atom. The van der Waals surface area contributed by atoms with E-state index in [9.17, 15) is 9.59 Å². The first kappa shape index (κ1) is 17.5. The Kier molecular flexibility index (Phi) is 6.38. The predicted octanol–water partition coefficient (Wildman–Crippen LogP) is 1.94. The number of hydrogen-bond donors (Lipinski definition) is 2. The fourth-order valence-electron chi connectivity index (χ4n) is 2.55. The second kappa shape index (κ2) is 8.73. The molecule has 1 aliphatic heterocycles. The molecule has 0 aromatic heterocycles. The van der Waals surface area contributed by atoms with Gasteiger partial charge in [-0.3, -0.25) is 9.59 Å². The van der Waals surface area contributed by atoms with E-state index in [4.69, 9.17) is 5.26 Å². The van der Waals surface area contributed by atoms with Crippen molar-refractivity contribution >= 4 is 17.5 Å². The number of benzene rings is 1. The van der Waals surface area contributed by atoms with Gasteiger partial charge in [-0.05, 0) is 37.5 Å². The topological polar surface area (TPSA) is 85.2 Å². The lowest BCUT2D eigenvalue weighted by Crippen LogP contribution is -2.31. The molecule has 2 N–H and O–H groups in total. The van der Waals surface area contributed by atoms with Gasteiger partial charge in [0.15, 0.2) is 0 Å². The molecule has 1 aromatic carbocycles. The highest BCUT2D eigenvalue weighted by atomic mass is 16.2. The Hall–Kier alpha value is -2.81. The number of anilines is 1. The minimum absolute atomic E-state index is 0.0220. The van der Waals surface area contributed by atoms with Crippen molar-refractivity contribution < 1.29 is 9.59 Å². The third-order valence-electron chi connectivity index (χ3n) is 3.83. The molecule has 2 rings (SSSR count). The lowest BCUT2D eigenvalue weighted by molar-refractivity contribution is -0.127. The van der Waals surface area contributed by atoms with Crippen LogP contribution >= 0.6 is 0 Å². The predicted molar refractivity (Wildman–Crippen MR) is 91.9 cm³/mol. The standard InChI is InChI=1S/C18H22N4O2/c1-14-5-2-6-16(11-14)21-13-15(12-19)18(24)20-8-4-10-22-9-3-7-17(22)23/h2,5-6,11,13,21H,3-4,7-10H2,1H3,(H,20,24)/b15-13-. The van der Waals surface area contributed by atoms with Crippen LogP contribution in [0.25, 0.3) is 0 Å². The van der Waals surface area contributed by atoms with Crippen LogP contribution in [0, 0.1) is 18.3 Å². The van der Waals surface area contributed by atoms with Crippen LogP contribution in [0.15, 0.2) is 36.0 Å². The van der Waals surface area contributed by atoms with E-state index in [1.54, 1.807) is 0 Å². The first-order chi connectivity index (χ1) is 11.6. The number of nitrogens with one attached hydrogen (secondary N) is 2. The number of carbonyl (C=O) groups excluding carboxylic acids is 2. The maximum absolute atomic E-state index is 12.0. The van der Waals surface area contributed by atoms with Crippen LogP contribution in [-0.2, 0) is 9.59 Å². The largest absolute Gasteiger partial charge is 0.360 e. The lowest BCUT2D eigenvalue weighted by atomic mass is 10.2. The molecule has 1 heterocycles. The normalized spacial score (nSPS) is 14.4. The van der Waals surface area contributed by atoms with Crippen LogP contribution < -0.4 is 10.6 Å². The Morgan fingerprint density at radius 3 is 2.96 bits per heavy atom. The molecule has 6 nitrogen and oxygen atoms in total. The van der Waals surface area contributed by atoms with Gasteiger partial charge in [0, 0.05) is 37.9 Å². The molecule has 0 saturated carbocycles. The Balaban J connectivity index is 1.77. The zero-order valence-corrected chi connectivity index (χ0v) is 13.8. The molecular formula is C18H22N4O2. The van der Waals surface area contributed by atoms with Gasteiger partial charge in [0.2, 0.25) is 5.91 Å². The molecule has 126 valence electrons. The lowest BCUT2D eigenvalue weighted by Gasteiger charge is -2.15. The highest BCUT2D eigenvalue weighted by Crippen LogP contribution is 2.10. The van der Waals surface area contributed by atoms with Gasteiger partial charge in [0.25, 0.3) is 5.91 Å². The number of carbonyl (C=O) groups is 2. The van der Waals surface area contributed by atoms with Crippen LogP contribution in [0.5, 0.6) is 0 Å². The minimum atomic E-state index is -0.412. The van der Waals surface area contributed by atoms with Crippen LogP contribution in [0.1, 0.15) is 24.8 Å². The molecule has 1 aromatic rings. The average molecular weight is 326 g/mol. The molecule has 0 bridgehead atoms. The molecule has 2 amide bonds. The summed E-state index contributed by atoms with van der Waals surface area (Å²) in [5.41, 5.74) is 1.93. The first-order valence-corrected chi connectivity index (χ1v) is 8.09. The van der Waals surface area contributed by atoms with Crippen LogP contribution in [0.2, 0.25) is 0 Å². The van der Waals surface area contributed by atoms with Gasteiger partial charge in [0.1, 0.15) is 11.6 Å². The molecule has 0 unspecified atom stereocenters. The van der Waals surface area contributed by atoms with Gasteiger partial charge in [-0.25, -0.2) is 0 Å². The van der Waals surface area contributed by atoms with Crippen molar-refractivity contribution in [2.24, 2.45) is 0 Å². The van der Waals surface area contributed by atoms with E-state index in [-0.39, 0.29) is 11.5 Å². The monoisotopic (exact) mass is 326 g/mol. The summed E-state index contributed by atoms with van der Waals surface area (Å²) in [5.74, 6) is -0.230. The first-order valence-electron chi connectivity index (χ1n) is 8.09. The highest BCUT2D eigenvalue weighted by Gasteiger charge is 2.19. The summed E-state index contributed by atoms with van der Waals surface area (Å²) in [4.78, 5) is 25.3. The summed E-state index contributed by atoms with van der Waals surface area (Å²) in [6.45, 7) is 3.85. The minimum Gasteiger partial charge on any atom is -0.360 e. The van der Waals surface area contributed by atoms with Crippen molar-refractivity contribution in [2.75, 3.05) is 25.0 Å². The summed E-state index contributed by atoms with van der Waals surface area (Å²) < 4.78 is 0. The smallest absolute Gasteiger partial charge is 0.263 e. The molecular weight excluding hydrogens is 304 g/mol. The number of nitriles is 1. The molecule has 0 aliphatic carbocycles. The SMILES string of the molecule is Cc1cccc(N/C=C(/C#N)C(=O)NCCCN2CCCC2=O)c1. The third kappa shape index (κ3) is 5.13. The van der Waals surface area contributed by atoms with E-state index >= 15 is 0 Å². The molecule has 1 aliphatic rings. The molecule has 0 spiro atoms. The van der Waals surface area contributed by atoms with Gasteiger partial charge in [-0.1, -0.05) is 12.1 Å². The van der Waals surface area contributed by atoms with Gasteiger partial charge < -0.3 is 15.5 Å². The van der Waals surface area contributed by atoms with Gasteiger partial charge in [-0.2, -0.15) is 5.26 Å². The zero-order chi connectivity index (χ0) is 17.4. The molecule has 24 heavy (non-hydrogen) atoms. The second-order valence-electron chi connectivity index (χ2n) is 5.78. The Bertz CT molecular complexity index is 676. The molecule has 0 radical (unpaired) electrons. The highest BCUT2D eigenvalue weighted by molar-refractivity contribution is 5.97. The zero-order valence-electron chi connectivity index (χ0n) is 13.8. The van der Waals surface area contributed by atoms with E-state index in [1.807, 2.05) is 42.2 Å². The average Bonchev–Trinajstić information content (AvgIpc) is 2.97. The third-order valence-corrected chi connectivity index (χ3v) is 3.83. The number of aryl methyl sites for hydroxylation is 1. The maximum atomic E-state index is 12.0. The molecule has 1 fully saturated rings. The van der Waals surface area contributed by atoms with Crippen LogP contribution in [0.3, 0.4) is 0 Å². The summed E-state index contributed by atoms with van der Waals surface area (Å²) in [6, 6.07) is 9.56. The van der Waals surface area contributed by atoms with Crippen molar-refractivity contribution in [3.8, 4) is 6.07 Å². The maximum Gasteiger partial charge on any atom is 0.263 e. The summed E-state index contributed by atoms with van der Waals surface area (Å²) in [6.07, 6.45) is 3.63. The number of likely N-dealkylation sites (tertiary alicyclic amines) is 1. The van der Waals surface area contributed by atoms with Gasteiger partial charge in [0.05, 0.1) is 0 Å². The van der Waals surface area contributed by atoms with Gasteiger partial charge >= 0.3 is 0 Å². The van der Waals surface area contributed by atoms with Crippen LogP contribution in [0.4, 0.5) is 5.69 Å². The fourth-order valence-corrected chi connectivity index (χ4v) is 2.55. The number of hydrogen-bond acceptors (Lipinski definition) is 4. The molecule has 1 saturated heterocycles. The van der Waals surface area contributed by atoms with Crippen molar-refractivity contribution in [1.82, 2.24) is 10.2 Å². The van der Waals surface area contributed by atoms with Gasteiger partial charge in [-0.15, -0.1) is 0 Å². The summed E-state index contributed by atoms with van der Waals surface area (Å²) in [5, 5.41) is 14.8. The van der Waals surface area contributed by atoms with E-state index in [1.165, 1.54) is 6.20 Å². The van der Waals surface area contributed by atoms with E-state index in [0.717, 1.165) is 24.2 Å². The van der Waals surface area contributed by atoms with E-state index < -0.39 is 5.91 Å². The summed E-state index contributed by atoms with van der Waals surface area (Å²) >= 11 is 0. The van der Waals surface area contributed by atoms with Crippen molar-refractivity contribution in [2.45, 2.75) is 26.2 Å². The quantitative estimate of drug-likeness (QED) is 0.455. The fraction of sp³-hybridized carbons (Fsp3) is 0.389. The Labute approximate surface area is 142 Å². The molecule has 0 atom stereocenters.